The number of hydrogen-bond donors (Lipinski definition) is 0. The van der Waals surface area contributed by atoms with Crippen LogP contribution in [0.3, 0.4) is 0 Å². The lowest BCUT2D eigenvalue weighted by Crippen LogP contribution is -2.23. The average molecular weight is 382 g/mol. The molecular weight excluding hydrogens is 351 g/mol. The zero-order valence-corrected chi connectivity index (χ0v) is 17.5. The molecule has 2 rings (SSSR count). The normalized spacial score (nSPS) is 20.3. The predicted molar refractivity (Wildman–Crippen MR) is 102 cm³/mol. The molecule has 2 atom stereocenters. The second-order valence-electron chi connectivity index (χ2n) is 8.62. The van der Waals surface area contributed by atoms with E-state index in [0.29, 0.717) is 13.2 Å². The smallest absolute Gasteiger partial charge is 0.333 e. The molecule has 6 heteroatoms. The van der Waals surface area contributed by atoms with E-state index < -0.39 is 8.60 Å². The third-order valence-corrected chi connectivity index (χ3v) is 5.29. The lowest BCUT2D eigenvalue weighted by atomic mass is 10.2. The van der Waals surface area contributed by atoms with Crippen molar-refractivity contribution in [2.45, 2.75) is 65.8 Å². The van der Waals surface area contributed by atoms with E-state index >= 15 is 0 Å². The highest BCUT2D eigenvalue weighted by molar-refractivity contribution is 7.41. The Morgan fingerprint density at radius 2 is 1.62 bits per heavy atom. The van der Waals surface area contributed by atoms with Crippen molar-refractivity contribution in [3.05, 3.63) is 35.9 Å². The Balaban J connectivity index is 1.75. The third-order valence-electron chi connectivity index (χ3n) is 3.54. The summed E-state index contributed by atoms with van der Waals surface area (Å²) in [6.45, 7) is 12.6. The minimum absolute atomic E-state index is 0.0835. The molecule has 0 amide bonds. The van der Waals surface area contributed by atoms with E-state index in [0.717, 1.165) is 12.0 Å². The molecule has 5 nitrogen and oxygen atoms in total. The second kappa shape index (κ2) is 8.79. The molecule has 1 aliphatic carbocycles. The largest absolute Gasteiger partial charge is 0.461 e. The van der Waals surface area contributed by atoms with E-state index in [1.165, 1.54) is 0 Å². The number of rotatable bonds is 8. The van der Waals surface area contributed by atoms with Gasteiger partial charge in [0.05, 0.1) is 23.7 Å². The fraction of sp³-hybridized carbons (Fsp3) is 0.650. The van der Waals surface area contributed by atoms with Gasteiger partial charge in [0.2, 0.25) is 0 Å². The Morgan fingerprint density at radius 1 is 1.04 bits per heavy atom. The molecule has 0 N–H and O–H groups in total. The van der Waals surface area contributed by atoms with Gasteiger partial charge in [-0.05, 0) is 59.4 Å². The molecule has 0 saturated heterocycles. The van der Waals surface area contributed by atoms with Crippen molar-refractivity contribution in [1.29, 1.82) is 0 Å². The fourth-order valence-electron chi connectivity index (χ4n) is 2.23. The molecule has 1 aromatic rings. The van der Waals surface area contributed by atoms with Crippen molar-refractivity contribution in [3.63, 3.8) is 0 Å². The van der Waals surface area contributed by atoms with Crippen LogP contribution in [0, 0.1) is 11.8 Å². The zero-order valence-electron chi connectivity index (χ0n) is 16.7. The lowest BCUT2D eigenvalue weighted by Gasteiger charge is -2.30. The Kier molecular flexibility index (Phi) is 7.20. The quantitative estimate of drug-likeness (QED) is 0.455. The van der Waals surface area contributed by atoms with Gasteiger partial charge in [0.15, 0.2) is 0 Å². The predicted octanol–water partition coefficient (Wildman–Crippen LogP) is 5.24. The Hall–Kier alpha value is -1.00. The van der Waals surface area contributed by atoms with E-state index in [2.05, 4.69) is 0 Å². The van der Waals surface area contributed by atoms with Gasteiger partial charge in [-0.2, -0.15) is 0 Å². The maximum absolute atomic E-state index is 12.2. The van der Waals surface area contributed by atoms with Crippen LogP contribution < -0.4 is 0 Å². The van der Waals surface area contributed by atoms with Crippen LogP contribution in [0.5, 0.6) is 0 Å². The molecule has 0 bridgehead atoms. The van der Waals surface area contributed by atoms with Crippen LogP contribution in [-0.4, -0.2) is 23.8 Å². The van der Waals surface area contributed by atoms with Crippen LogP contribution in [0.15, 0.2) is 30.3 Å². The standard InChI is InChI=1S/C20H31O5P/c1-19(2,3)24-26(25-20(4,5)6)23-14-16-12-17(16)18(21)22-13-15-10-8-7-9-11-15/h7-11,16-17H,12-14H2,1-6H3. The van der Waals surface area contributed by atoms with E-state index in [1.54, 1.807) is 0 Å². The summed E-state index contributed by atoms with van der Waals surface area (Å²) in [5.74, 6) is -0.0597. The minimum Gasteiger partial charge on any atom is -0.461 e. The van der Waals surface area contributed by atoms with Gasteiger partial charge in [-0.25, -0.2) is 0 Å². The number of carbonyl (C=O) groups excluding carboxylic acids is 1. The summed E-state index contributed by atoms with van der Waals surface area (Å²) in [7, 11) is -1.46. The van der Waals surface area contributed by atoms with Crippen molar-refractivity contribution < 1.29 is 23.1 Å². The summed E-state index contributed by atoms with van der Waals surface area (Å²) >= 11 is 0. The summed E-state index contributed by atoms with van der Waals surface area (Å²) in [5.41, 5.74) is 0.290. The van der Waals surface area contributed by atoms with E-state index in [4.69, 9.17) is 18.3 Å². The maximum atomic E-state index is 12.2. The first kappa shape index (κ1) is 21.3. The van der Waals surface area contributed by atoms with Gasteiger partial charge in [0.25, 0.3) is 0 Å². The Morgan fingerprint density at radius 3 is 2.15 bits per heavy atom. The molecular formula is C20H31O5P. The highest BCUT2D eigenvalue weighted by atomic mass is 31.2. The molecule has 1 fully saturated rings. The van der Waals surface area contributed by atoms with E-state index in [-0.39, 0.29) is 29.0 Å². The Labute approximate surface area is 158 Å². The van der Waals surface area contributed by atoms with Gasteiger partial charge in [0.1, 0.15) is 6.61 Å². The number of hydrogen-bond acceptors (Lipinski definition) is 5. The highest BCUT2D eigenvalue weighted by Crippen LogP contribution is 2.50. The molecule has 26 heavy (non-hydrogen) atoms. The van der Waals surface area contributed by atoms with Crippen LogP contribution in [0.2, 0.25) is 0 Å². The second-order valence-corrected chi connectivity index (χ2v) is 9.69. The molecule has 1 aromatic carbocycles. The molecule has 0 radical (unpaired) electrons. The molecule has 1 aliphatic rings. The fourth-order valence-corrected chi connectivity index (χ4v) is 3.58. The van der Waals surface area contributed by atoms with Crippen molar-refractivity contribution in [2.24, 2.45) is 11.8 Å². The maximum Gasteiger partial charge on any atom is 0.333 e. The van der Waals surface area contributed by atoms with Crippen molar-refractivity contribution in [2.75, 3.05) is 6.61 Å². The molecule has 2 unspecified atom stereocenters. The number of carbonyl (C=O) groups is 1. The van der Waals surface area contributed by atoms with Gasteiger partial charge < -0.3 is 18.3 Å². The van der Waals surface area contributed by atoms with Gasteiger partial charge >= 0.3 is 14.6 Å². The minimum atomic E-state index is -1.46. The van der Waals surface area contributed by atoms with Crippen LogP contribution in [0.25, 0.3) is 0 Å². The zero-order chi connectivity index (χ0) is 19.4. The number of esters is 1. The van der Waals surface area contributed by atoms with E-state index in [9.17, 15) is 4.79 Å². The summed E-state index contributed by atoms with van der Waals surface area (Å²) in [5, 5.41) is 0. The SMILES string of the molecule is CC(C)(C)OP(OCC1CC1C(=O)OCc1ccccc1)OC(C)(C)C. The molecule has 0 aromatic heterocycles. The van der Waals surface area contributed by atoms with Gasteiger partial charge in [-0.3, -0.25) is 4.79 Å². The van der Waals surface area contributed by atoms with Crippen molar-refractivity contribution in [3.8, 4) is 0 Å². The van der Waals surface area contributed by atoms with Crippen LogP contribution >= 0.6 is 8.60 Å². The molecule has 0 heterocycles. The molecule has 0 spiro atoms. The van der Waals surface area contributed by atoms with Crippen molar-refractivity contribution >= 4 is 14.6 Å². The first-order valence-electron chi connectivity index (χ1n) is 9.05. The average Bonchev–Trinajstić information content (AvgIpc) is 3.28. The molecule has 146 valence electrons. The van der Waals surface area contributed by atoms with Gasteiger partial charge in [0, 0.05) is 0 Å². The number of benzene rings is 1. The summed E-state index contributed by atoms with van der Waals surface area (Å²) < 4.78 is 23.1. The van der Waals surface area contributed by atoms with Crippen LogP contribution in [-0.2, 0) is 29.7 Å². The monoisotopic (exact) mass is 382 g/mol. The summed E-state index contributed by atoms with van der Waals surface area (Å²) in [6.07, 6.45) is 0.793. The Bertz CT molecular complexity index is 560. The molecule has 1 saturated carbocycles. The summed E-state index contributed by atoms with van der Waals surface area (Å²) in [6, 6.07) is 9.70. The first-order chi connectivity index (χ1) is 12.0. The van der Waals surface area contributed by atoms with Gasteiger partial charge in [-0.1, -0.05) is 30.3 Å². The van der Waals surface area contributed by atoms with Gasteiger partial charge in [-0.15, -0.1) is 0 Å². The van der Waals surface area contributed by atoms with Crippen LogP contribution in [0.1, 0.15) is 53.5 Å². The van der Waals surface area contributed by atoms with Crippen LogP contribution in [0.4, 0.5) is 0 Å². The lowest BCUT2D eigenvalue weighted by molar-refractivity contribution is -0.147. The van der Waals surface area contributed by atoms with Crippen molar-refractivity contribution in [1.82, 2.24) is 0 Å². The molecule has 0 aliphatic heterocycles. The highest BCUT2D eigenvalue weighted by Gasteiger charge is 2.45. The topological polar surface area (TPSA) is 54.0 Å². The third kappa shape index (κ3) is 8.13. The van der Waals surface area contributed by atoms with E-state index in [1.807, 2.05) is 71.9 Å². The number of ether oxygens (including phenoxy) is 1. The first-order valence-corrected chi connectivity index (χ1v) is 10.1. The summed E-state index contributed by atoms with van der Waals surface area (Å²) in [4.78, 5) is 12.2.